The monoisotopic (exact) mass is 382 g/mol. The van der Waals surface area contributed by atoms with Crippen LogP contribution in [0.2, 0.25) is 5.02 Å². The molecule has 1 aliphatic carbocycles. The first-order valence-corrected chi connectivity index (χ1v) is 8.63. The molecule has 3 heterocycles. The van der Waals surface area contributed by atoms with Gasteiger partial charge in [0, 0.05) is 30.0 Å². The molecule has 27 heavy (non-hydrogen) atoms. The zero-order valence-corrected chi connectivity index (χ0v) is 15.1. The third-order valence-electron chi connectivity index (χ3n) is 4.32. The first kappa shape index (κ1) is 17.2. The van der Waals surface area contributed by atoms with Gasteiger partial charge >= 0.3 is 5.97 Å². The highest BCUT2D eigenvalue weighted by Crippen LogP contribution is 2.30. The predicted molar refractivity (Wildman–Crippen MR) is 101 cm³/mol. The minimum absolute atomic E-state index is 0.263. The van der Waals surface area contributed by atoms with E-state index in [1.54, 1.807) is 31.5 Å². The van der Waals surface area contributed by atoms with Crippen molar-refractivity contribution in [2.45, 2.75) is 19.4 Å². The number of nitrogens with zero attached hydrogens (tertiary/aromatic N) is 3. The van der Waals surface area contributed by atoms with Crippen molar-refractivity contribution in [3.8, 4) is 17.3 Å². The van der Waals surface area contributed by atoms with E-state index in [0.717, 1.165) is 11.1 Å². The van der Waals surface area contributed by atoms with Crippen LogP contribution in [0.25, 0.3) is 22.4 Å². The summed E-state index contributed by atoms with van der Waals surface area (Å²) in [5.41, 5.74) is 3.60. The molecule has 0 saturated carbocycles. The lowest BCUT2D eigenvalue weighted by Gasteiger charge is -2.18. The first-order valence-electron chi connectivity index (χ1n) is 8.26. The largest absolute Gasteiger partial charge is 0.478 e. The van der Waals surface area contributed by atoms with Crippen LogP contribution in [0.15, 0.2) is 53.9 Å². The van der Waals surface area contributed by atoms with Crippen LogP contribution in [0.5, 0.6) is 6.01 Å². The molecule has 1 atom stereocenters. The molecule has 4 rings (SSSR count). The molecule has 3 aromatic rings. The SMILES string of the molecule is CC1=C(C(=O)O)CC(Oc2nc3nc(-c4ccncc4)c(Cl)cc3[nH]2)C=C1. The van der Waals surface area contributed by atoms with Crippen LogP contribution in [0.1, 0.15) is 13.3 Å². The topological polar surface area (TPSA) is 101 Å². The number of carbonyl (C=O) groups is 1. The van der Waals surface area contributed by atoms with Crippen LogP contribution >= 0.6 is 11.6 Å². The van der Waals surface area contributed by atoms with Gasteiger partial charge in [-0.25, -0.2) is 9.78 Å². The number of H-pyrrole nitrogens is 1. The van der Waals surface area contributed by atoms with Gasteiger partial charge in [-0.1, -0.05) is 17.7 Å². The number of imidazole rings is 1. The quantitative estimate of drug-likeness (QED) is 0.712. The van der Waals surface area contributed by atoms with Crippen molar-refractivity contribution >= 4 is 28.7 Å². The molecule has 0 spiro atoms. The van der Waals surface area contributed by atoms with Gasteiger partial charge in [-0.2, -0.15) is 4.98 Å². The Labute approximate surface area is 159 Å². The summed E-state index contributed by atoms with van der Waals surface area (Å²) in [6.45, 7) is 1.77. The molecule has 0 fully saturated rings. The van der Waals surface area contributed by atoms with Gasteiger partial charge in [-0.15, -0.1) is 0 Å². The van der Waals surface area contributed by atoms with Gasteiger partial charge < -0.3 is 14.8 Å². The number of aromatic amines is 1. The highest BCUT2D eigenvalue weighted by molar-refractivity contribution is 6.33. The van der Waals surface area contributed by atoms with E-state index >= 15 is 0 Å². The van der Waals surface area contributed by atoms with E-state index < -0.39 is 12.1 Å². The molecule has 0 bridgehead atoms. The summed E-state index contributed by atoms with van der Waals surface area (Å²) in [7, 11) is 0. The Morgan fingerprint density at radius 1 is 1.33 bits per heavy atom. The summed E-state index contributed by atoms with van der Waals surface area (Å²) in [5.74, 6) is -0.939. The lowest BCUT2D eigenvalue weighted by atomic mass is 9.97. The minimum atomic E-state index is -0.939. The number of aliphatic carboxylic acids is 1. The number of allylic oxidation sites excluding steroid dienone is 2. The van der Waals surface area contributed by atoms with Gasteiger partial charge in [0.05, 0.1) is 16.2 Å². The number of aromatic nitrogens is 4. The molecule has 0 amide bonds. The minimum Gasteiger partial charge on any atom is -0.478 e. The average molecular weight is 383 g/mol. The van der Waals surface area contributed by atoms with Crippen LogP contribution < -0.4 is 4.74 Å². The van der Waals surface area contributed by atoms with E-state index in [9.17, 15) is 9.90 Å². The summed E-state index contributed by atoms with van der Waals surface area (Å²) in [6, 6.07) is 5.64. The number of carboxylic acids is 1. The summed E-state index contributed by atoms with van der Waals surface area (Å²) >= 11 is 6.35. The molecule has 0 radical (unpaired) electrons. The molecule has 0 saturated heterocycles. The lowest BCUT2D eigenvalue weighted by molar-refractivity contribution is -0.133. The molecular weight excluding hydrogens is 368 g/mol. The number of pyridine rings is 2. The maximum absolute atomic E-state index is 11.3. The second-order valence-corrected chi connectivity index (χ2v) is 6.56. The number of ether oxygens (including phenoxy) is 1. The van der Waals surface area contributed by atoms with Crippen molar-refractivity contribution in [1.29, 1.82) is 0 Å². The Morgan fingerprint density at radius 2 is 2.11 bits per heavy atom. The average Bonchev–Trinajstić information content (AvgIpc) is 3.04. The number of hydrogen-bond acceptors (Lipinski definition) is 5. The Kier molecular flexibility index (Phi) is 4.37. The van der Waals surface area contributed by atoms with Gasteiger partial charge in [0.25, 0.3) is 6.01 Å². The van der Waals surface area contributed by atoms with Gasteiger partial charge in [0.2, 0.25) is 0 Å². The van der Waals surface area contributed by atoms with Crippen LogP contribution in [-0.4, -0.2) is 37.1 Å². The number of rotatable bonds is 4. The normalized spacial score (nSPS) is 16.7. The van der Waals surface area contributed by atoms with E-state index in [1.165, 1.54) is 0 Å². The van der Waals surface area contributed by atoms with Crippen LogP contribution in [-0.2, 0) is 4.79 Å². The molecule has 2 N–H and O–H groups in total. The molecule has 1 aliphatic rings. The Hall–Kier alpha value is -3.19. The summed E-state index contributed by atoms with van der Waals surface area (Å²) in [4.78, 5) is 27.2. The molecule has 3 aromatic heterocycles. The zero-order chi connectivity index (χ0) is 19.0. The number of halogens is 1. The maximum Gasteiger partial charge on any atom is 0.331 e. The second-order valence-electron chi connectivity index (χ2n) is 6.15. The Bertz CT molecular complexity index is 1090. The number of nitrogens with one attached hydrogen (secondary N) is 1. The molecule has 8 heteroatoms. The van der Waals surface area contributed by atoms with Crippen molar-refractivity contribution < 1.29 is 14.6 Å². The third kappa shape index (κ3) is 3.41. The van der Waals surface area contributed by atoms with E-state index in [1.807, 2.05) is 18.2 Å². The maximum atomic E-state index is 11.3. The van der Waals surface area contributed by atoms with E-state index in [-0.39, 0.29) is 12.4 Å². The molecule has 0 aromatic carbocycles. The van der Waals surface area contributed by atoms with E-state index in [2.05, 4.69) is 19.9 Å². The summed E-state index contributed by atoms with van der Waals surface area (Å²) in [5, 5.41) is 9.76. The number of fused-ring (bicyclic) bond motifs is 1. The molecular formula is C19H15ClN4O3. The molecule has 7 nitrogen and oxygen atoms in total. The smallest absolute Gasteiger partial charge is 0.331 e. The van der Waals surface area contributed by atoms with Crippen molar-refractivity contribution in [3.05, 3.63) is 58.9 Å². The Morgan fingerprint density at radius 3 is 2.85 bits per heavy atom. The van der Waals surface area contributed by atoms with Crippen molar-refractivity contribution in [3.63, 3.8) is 0 Å². The fraction of sp³-hybridized carbons (Fsp3) is 0.158. The van der Waals surface area contributed by atoms with Crippen molar-refractivity contribution in [1.82, 2.24) is 19.9 Å². The summed E-state index contributed by atoms with van der Waals surface area (Å²) < 4.78 is 5.81. The molecule has 1 unspecified atom stereocenters. The van der Waals surface area contributed by atoms with Gasteiger partial charge in [0.15, 0.2) is 5.65 Å². The van der Waals surface area contributed by atoms with Gasteiger partial charge in [-0.3, -0.25) is 4.98 Å². The second kappa shape index (κ2) is 6.85. The van der Waals surface area contributed by atoms with Crippen LogP contribution in [0.3, 0.4) is 0 Å². The van der Waals surface area contributed by atoms with Crippen LogP contribution in [0, 0.1) is 0 Å². The zero-order valence-electron chi connectivity index (χ0n) is 14.3. The van der Waals surface area contributed by atoms with Gasteiger partial charge in [0.1, 0.15) is 6.10 Å². The van der Waals surface area contributed by atoms with Crippen LogP contribution in [0.4, 0.5) is 0 Å². The van der Waals surface area contributed by atoms with E-state index in [4.69, 9.17) is 16.3 Å². The lowest BCUT2D eigenvalue weighted by Crippen LogP contribution is -2.21. The first-order chi connectivity index (χ1) is 13.0. The van der Waals surface area contributed by atoms with Gasteiger partial charge in [-0.05, 0) is 36.8 Å². The Balaban J connectivity index is 1.61. The highest BCUT2D eigenvalue weighted by Gasteiger charge is 2.22. The molecule has 0 aliphatic heterocycles. The predicted octanol–water partition coefficient (Wildman–Crippen LogP) is 3.78. The highest BCUT2D eigenvalue weighted by atomic mass is 35.5. The third-order valence-corrected chi connectivity index (χ3v) is 4.61. The standard InChI is InChI=1S/C19H15ClN4O3/c1-10-2-3-12(8-13(10)18(25)26)27-19-22-15-9-14(20)16(23-17(15)24-19)11-4-6-21-7-5-11/h2-7,9,12H,8H2,1H3,(H,25,26)(H,22,23,24). The summed E-state index contributed by atoms with van der Waals surface area (Å²) in [6.07, 6.45) is 6.75. The fourth-order valence-corrected chi connectivity index (χ4v) is 3.19. The van der Waals surface area contributed by atoms with Crippen molar-refractivity contribution in [2.75, 3.05) is 0 Å². The van der Waals surface area contributed by atoms with E-state index in [0.29, 0.717) is 27.5 Å². The molecule has 136 valence electrons. The van der Waals surface area contributed by atoms with Crippen molar-refractivity contribution in [2.24, 2.45) is 0 Å². The fourth-order valence-electron chi connectivity index (χ4n) is 2.93. The number of carboxylic acid groups (broad SMARTS) is 1. The number of hydrogen-bond donors (Lipinski definition) is 2.